The minimum Gasteiger partial charge on any atom is -0.479 e. The zero-order valence-corrected chi connectivity index (χ0v) is 11.3. The summed E-state index contributed by atoms with van der Waals surface area (Å²) in [5.41, 5.74) is 1.05. The third kappa shape index (κ3) is 3.19. The molecule has 0 aliphatic rings. The van der Waals surface area contributed by atoms with Crippen molar-refractivity contribution in [3.63, 3.8) is 0 Å². The van der Waals surface area contributed by atoms with Gasteiger partial charge in [-0.3, -0.25) is 0 Å². The molecule has 0 aliphatic heterocycles. The first-order chi connectivity index (χ1) is 9.09. The third-order valence-electron chi connectivity index (χ3n) is 2.63. The Morgan fingerprint density at radius 3 is 2.11 bits per heavy atom. The molecular weight excluding hydrogens is 285 g/mol. The normalized spacial score (nSPS) is 11.9. The van der Waals surface area contributed by atoms with E-state index in [-0.39, 0.29) is 0 Å². The van der Waals surface area contributed by atoms with Gasteiger partial charge in [0, 0.05) is 0 Å². The van der Waals surface area contributed by atoms with Gasteiger partial charge in [-0.1, -0.05) is 59.6 Å². The molecule has 0 aromatic heterocycles. The molecule has 0 fully saturated rings. The number of hydrogen-bond acceptors (Lipinski definition) is 2. The van der Waals surface area contributed by atoms with E-state index in [0.29, 0.717) is 21.3 Å². The summed E-state index contributed by atoms with van der Waals surface area (Å²) in [5.74, 6) is -0.998. The van der Waals surface area contributed by atoms with Crippen LogP contribution in [0.1, 0.15) is 11.6 Å². The van der Waals surface area contributed by atoms with Crippen molar-refractivity contribution < 1.29 is 9.90 Å². The average Bonchev–Trinajstić information content (AvgIpc) is 2.39. The first-order valence-corrected chi connectivity index (χ1v) is 6.33. The van der Waals surface area contributed by atoms with Crippen LogP contribution < -0.4 is 5.32 Å². The molecule has 0 amide bonds. The Morgan fingerprint density at radius 1 is 1.00 bits per heavy atom. The Morgan fingerprint density at radius 2 is 1.58 bits per heavy atom. The van der Waals surface area contributed by atoms with Crippen molar-refractivity contribution in [2.45, 2.75) is 6.04 Å². The number of rotatable bonds is 4. The molecule has 3 nitrogen and oxygen atoms in total. The molecule has 0 saturated carbocycles. The van der Waals surface area contributed by atoms with E-state index in [1.54, 1.807) is 42.5 Å². The van der Waals surface area contributed by atoms with Gasteiger partial charge in [-0.05, 0) is 17.7 Å². The van der Waals surface area contributed by atoms with Crippen molar-refractivity contribution in [3.8, 4) is 0 Å². The van der Waals surface area contributed by atoms with Crippen molar-refractivity contribution in [1.82, 2.24) is 0 Å². The lowest BCUT2D eigenvalue weighted by Crippen LogP contribution is -2.20. The van der Waals surface area contributed by atoms with Crippen LogP contribution in [0.3, 0.4) is 0 Å². The largest absolute Gasteiger partial charge is 0.479 e. The summed E-state index contributed by atoms with van der Waals surface area (Å²) < 4.78 is 0. The van der Waals surface area contributed by atoms with Gasteiger partial charge in [0.25, 0.3) is 0 Å². The number of anilines is 1. The van der Waals surface area contributed by atoms with Gasteiger partial charge in [-0.15, -0.1) is 0 Å². The van der Waals surface area contributed by atoms with E-state index < -0.39 is 12.0 Å². The van der Waals surface area contributed by atoms with Gasteiger partial charge in [0.1, 0.15) is 0 Å². The van der Waals surface area contributed by atoms with Gasteiger partial charge >= 0.3 is 5.97 Å². The highest BCUT2D eigenvalue weighted by Gasteiger charge is 2.21. The summed E-state index contributed by atoms with van der Waals surface area (Å²) >= 11 is 12.1. The van der Waals surface area contributed by atoms with Gasteiger partial charge in [0.15, 0.2) is 6.04 Å². The van der Waals surface area contributed by atoms with E-state index in [4.69, 9.17) is 23.2 Å². The maximum absolute atomic E-state index is 11.4. The first-order valence-electron chi connectivity index (χ1n) is 5.58. The number of carboxylic acids is 1. The molecule has 0 unspecified atom stereocenters. The summed E-state index contributed by atoms with van der Waals surface area (Å²) in [6.07, 6.45) is 0. The van der Waals surface area contributed by atoms with E-state index in [2.05, 4.69) is 5.32 Å². The minimum absolute atomic E-state index is 0.384. The van der Waals surface area contributed by atoms with Crippen LogP contribution in [0.15, 0.2) is 48.5 Å². The van der Waals surface area contributed by atoms with Crippen LogP contribution in [-0.4, -0.2) is 11.1 Å². The van der Waals surface area contributed by atoms with Gasteiger partial charge < -0.3 is 10.4 Å². The maximum atomic E-state index is 11.4. The second kappa shape index (κ2) is 5.95. The lowest BCUT2D eigenvalue weighted by atomic mass is 10.1. The van der Waals surface area contributed by atoms with Crippen LogP contribution in [0, 0.1) is 0 Å². The number of benzene rings is 2. The summed E-state index contributed by atoms with van der Waals surface area (Å²) in [6.45, 7) is 0. The average molecular weight is 296 g/mol. The van der Waals surface area contributed by atoms with Gasteiger partial charge in [-0.2, -0.15) is 0 Å². The summed E-state index contributed by atoms with van der Waals surface area (Å²) in [5, 5.41) is 13.0. The fourth-order valence-corrected chi connectivity index (χ4v) is 2.22. The van der Waals surface area contributed by atoms with Crippen LogP contribution in [0.5, 0.6) is 0 Å². The highest BCUT2D eigenvalue weighted by atomic mass is 35.5. The summed E-state index contributed by atoms with van der Waals surface area (Å²) in [4.78, 5) is 11.4. The monoisotopic (exact) mass is 295 g/mol. The Labute approximate surface area is 120 Å². The van der Waals surface area contributed by atoms with Crippen LogP contribution in [0.25, 0.3) is 0 Å². The molecule has 0 spiro atoms. The quantitative estimate of drug-likeness (QED) is 0.887. The summed E-state index contributed by atoms with van der Waals surface area (Å²) in [7, 11) is 0. The van der Waals surface area contributed by atoms with Crippen LogP contribution in [0.2, 0.25) is 10.0 Å². The maximum Gasteiger partial charge on any atom is 0.330 e. The Hall–Kier alpha value is -1.71. The highest BCUT2D eigenvalue weighted by molar-refractivity contribution is 6.39. The number of aliphatic carboxylic acids is 1. The van der Waals surface area contributed by atoms with Crippen molar-refractivity contribution in [2.24, 2.45) is 0 Å². The number of nitrogens with one attached hydrogen (secondary N) is 1. The second-order valence-electron chi connectivity index (χ2n) is 3.92. The molecule has 0 radical (unpaired) electrons. The van der Waals surface area contributed by atoms with E-state index in [1.165, 1.54) is 0 Å². The lowest BCUT2D eigenvalue weighted by molar-refractivity contribution is -0.138. The Bertz CT molecular complexity index is 567. The SMILES string of the molecule is O=C(O)[C@H](Nc1c(Cl)cccc1Cl)c1ccccc1. The van der Waals surface area contributed by atoms with E-state index in [9.17, 15) is 9.90 Å². The molecule has 0 bridgehead atoms. The summed E-state index contributed by atoms with van der Waals surface area (Å²) in [6, 6.07) is 13.0. The van der Waals surface area contributed by atoms with Crippen molar-refractivity contribution in [1.29, 1.82) is 0 Å². The molecule has 2 aromatic rings. The molecule has 0 saturated heterocycles. The number of carboxylic acid groups (broad SMARTS) is 1. The van der Waals surface area contributed by atoms with Gasteiger partial charge in [0.2, 0.25) is 0 Å². The van der Waals surface area contributed by atoms with Crippen molar-refractivity contribution >= 4 is 34.9 Å². The van der Waals surface area contributed by atoms with Gasteiger partial charge in [-0.25, -0.2) is 4.79 Å². The number of hydrogen-bond donors (Lipinski definition) is 2. The standard InChI is InChI=1S/C14H11Cl2NO2/c15-10-7-4-8-11(16)13(10)17-12(14(18)19)9-5-2-1-3-6-9/h1-8,12,17H,(H,18,19)/t12-/m1/s1. The number of para-hydroxylation sites is 1. The lowest BCUT2D eigenvalue weighted by Gasteiger charge is -2.18. The molecule has 0 heterocycles. The third-order valence-corrected chi connectivity index (χ3v) is 3.26. The molecular formula is C14H11Cl2NO2. The van der Waals surface area contributed by atoms with E-state index in [0.717, 1.165) is 0 Å². The molecule has 2 aromatic carbocycles. The second-order valence-corrected chi connectivity index (χ2v) is 4.74. The van der Waals surface area contributed by atoms with Crippen molar-refractivity contribution in [2.75, 3.05) is 5.32 Å². The van der Waals surface area contributed by atoms with Crippen molar-refractivity contribution in [3.05, 3.63) is 64.1 Å². The van der Waals surface area contributed by atoms with E-state index >= 15 is 0 Å². The smallest absolute Gasteiger partial charge is 0.330 e. The number of halogens is 2. The zero-order valence-electron chi connectivity index (χ0n) is 9.81. The fourth-order valence-electron chi connectivity index (χ4n) is 1.71. The molecule has 0 aliphatic carbocycles. The van der Waals surface area contributed by atoms with E-state index in [1.807, 2.05) is 6.07 Å². The molecule has 2 rings (SSSR count). The highest BCUT2D eigenvalue weighted by Crippen LogP contribution is 2.33. The molecule has 5 heteroatoms. The predicted molar refractivity (Wildman–Crippen MR) is 76.9 cm³/mol. The van der Waals surface area contributed by atoms with Crippen LogP contribution in [-0.2, 0) is 4.79 Å². The minimum atomic E-state index is -0.998. The fraction of sp³-hybridized carbons (Fsp3) is 0.0714. The first kappa shape index (κ1) is 13.7. The molecule has 19 heavy (non-hydrogen) atoms. The number of carbonyl (C=O) groups is 1. The van der Waals surface area contributed by atoms with Crippen LogP contribution in [0.4, 0.5) is 5.69 Å². The Balaban J connectivity index is 2.35. The Kier molecular flexibility index (Phi) is 4.30. The zero-order chi connectivity index (χ0) is 13.8. The van der Waals surface area contributed by atoms with Gasteiger partial charge in [0.05, 0.1) is 15.7 Å². The van der Waals surface area contributed by atoms with Crippen LogP contribution >= 0.6 is 23.2 Å². The predicted octanol–water partition coefficient (Wildman–Crippen LogP) is 4.23. The molecule has 98 valence electrons. The molecule has 1 atom stereocenters. The molecule has 2 N–H and O–H groups in total. The topological polar surface area (TPSA) is 49.3 Å².